The van der Waals surface area contributed by atoms with Crippen LogP contribution in [0.1, 0.15) is 0 Å². The van der Waals surface area contributed by atoms with E-state index in [1.54, 1.807) is 6.33 Å². The van der Waals surface area contributed by atoms with Crippen molar-refractivity contribution in [1.29, 1.82) is 0 Å². The van der Waals surface area contributed by atoms with Crippen molar-refractivity contribution in [3.05, 3.63) is 30.7 Å². The summed E-state index contributed by atoms with van der Waals surface area (Å²) >= 11 is 0. The van der Waals surface area contributed by atoms with E-state index in [9.17, 15) is 0 Å². The van der Waals surface area contributed by atoms with Gasteiger partial charge in [0.25, 0.3) is 0 Å². The summed E-state index contributed by atoms with van der Waals surface area (Å²) in [5.41, 5.74) is 2.15. The van der Waals surface area contributed by atoms with E-state index in [1.165, 1.54) is 0 Å². The first-order chi connectivity index (χ1) is 7.84. The first kappa shape index (κ1) is 9.27. The molecule has 0 unspecified atom stereocenters. The third-order valence-corrected chi connectivity index (χ3v) is 2.65. The molecule has 0 radical (unpaired) electrons. The third kappa shape index (κ3) is 1.43. The lowest BCUT2D eigenvalue weighted by molar-refractivity contribution is 0.171. The molecule has 0 N–H and O–H groups in total. The van der Waals surface area contributed by atoms with Gasteiger partial charge in [0.2, 0.25) is 0 Å². The molecule has 0 aliphatic carbocycles. The highest BCUT2D eigenvalue weighted by molar-refractivity contribution is 5.64. The Morgan fingerprint density at radius 3 is 2.75 bits per heavy atom. The Hall–Kier alpha value is -1.97. The van der Waals surface area contributed by atoms with Gasteiger partial charge in [0.05, 0.1) is 18.2 Å². The van der Waals surface area contributed by atoms with Crippen LogP contribution in [0.5, 0.6) is 11.5 Å². The second kappa shape index (κ2) is 3.56. The maximum absolute atomic E-state index is 5.55. The Balaban J connectivity index is 2.06. The molecule has 0 bridgehead atoms. The second-order valence-corrected chi connectivity index (χ2v) is 3.75. The molecule has 4 heteroatoms. The normalized spacial score (nSPS) is 13.8. The summed E-state index contributed by atoms with van der Waals surface area (Å²) in [7, 11) is 1.97. The highest BCUT2D eigenvalue weighted by Gasteiger charge is 2.13. The molecule has 82 valence electrons. The molecule has 1 aromatic heterocycles. The SMILES string of the molecule is Cn1cncc1-c1ccc2c(c1)OCCO2. The predicted molar refractivity (Wildman–Crippen MR) is 59.6 cm³/mol. The van der Waals surface area contributed by atoms with Crippen molar-refractivity contribution in [1.82, 2.24) is 9.55 Å². The lowest BCUT2D eigenvalue weighted by Gasteiger charge is -2.18. The minimum absolute atomic E-state index is 0.613. The van der Waals surface area contributed by atoms with Gasteiger partial charge < -0.3 is 14.0 Å². The number of aromatic nitrogens is 2. The van der Waals surface area contributed by atoms with Gasteiger partial charge in [-0.15, -0.1) is 0 Å². The van der Waals surface area contributed by atoms with Crippen molar-refractivity contribution in [3.8, 4) is 22.8 Å². The Morgan fingerprint density at radius 2 is 2.00 bits per heavy atom. The number of rotatable bonds is 1. The number of fused-ring (bicyclic) bond motifs is 1. The summed E-state index contributed by atoms with van der Waals surface area (Å²) in [4.78, 5) is 4.10. The van der Waals surface area contributed by atoms with Gasteiger partial charge >= 0.3 is 0 Å². The van der Waals surface area contributed by atoms with E-state index in [2.05, 4.69) is 4.98 Å². The summed E-state index contributed by atoms with van der Waals surface area (Å²) in [6.07, 6.45) is 3.62. The van der Waals surface area contributed by atoms with Gasteiger partial charge in [-0.05, 0) is 18.2 Å². The topological polar surface area (TPSA) is 36.3 Å². The minimum atomic E-state index is 0.613. The molecule has 0 saturated heterocycles. The molecule has 1 aliphatic rings. The molecular weight excluding hydrogens is 204 g/mol. The first-order valence-corrected chi connectivity index (χ1v) is 5.21. The lowest BCUT2D eigenvalue weighted by atomic mass is 10.1. The maximum atomic E-state index is 5.55. The first-order valence-electron chi connectivity index (χ1n) is 5.21. The number of aryl methyl sites for hydroxylation is 1. The van der Waals surface area contributed by atoms with Crippen molar-refractivity contribution in [2.24, 2.45) is 7.05 Å². The predicted octanol–water partition coefficient (Wildman–Crippen LogP) is 1.86. The molecule has 0 amide bonds. The van der Waals surface area contributed by atoms with Crippen molar-refractivity contribution >= 4 is 0 Å². The fourth-order valence-electron chi connectivity index (χ4n) is 1.84. The van der Waals surface area contributed by atoms with Crippen LogP contribution < -0.4 is 9.47 Å². The zero-order valence-corrected chi connectivity index (χ0v) is 9.01. The number of nitrogens with zero attached hydrogens (tertiary/aromatic N) is 2. The lowest BCUT2D eigenvalue weighted by Crippen LogP contribution is -2.15. The molecular formula is C12H12N2O2. The number of hydrogen-bond donors (Lipinski definition) is 0. The molecule has 2 aromatic rings. The quantitative estimate of drug-likeness (QED) is 0.730. The van der Waals surface area contributed by atoms with Crippen LogP contribution in [-0.2, 0) is 7.05 Å². The fourth-order valence-corrected chi connectivity index (χ4v) is 1.84. The average molecular weight is 216 g/mol. The standard InChI is InChI=1S/C12H12N2O2/c1-14-8-13-7-10(14)9-2-3-11-12(6-9)16-5-4-15-11/h2-3,6-8H,4-5H2,1H3. The van der Waals surface area contributed by atoms with Crippen molar-refractivity contribution in [2.75, 3.05) is 13.2 Å². The van der Waals surface area contributed by atoms with Gasteiger partial charge in [0.15, 0.2) is 11.5 Å². The average Bonchev–Trinajstić information content (AvgIpc) is 2.75. The zero-order chi connectivity index (χ0) is 11.0. The Labute approximate surface area is 93.4 Å². The van der Waals surface area contributed by atoms with Crippen LogP contribution in [0.2, 0.25) is 0 Å². The van der Waals surface area contributed by atoms with Crippen LogP contribution in [0.15, 0.2) is 30.7 Å². The Morgan fingerprint density at radius 1 is 1.19 bits per heavy atom. The molecule has 0 atom stereocenters. The monoisotopic (exact) mass is 216 g/mol. The minimum Gasteiger partial charge on any atom is -0.486 e. The number of hydrogen-bond acceptors (Lipinski definition) is 3. The largest absolute Gasteiger partial charge is 0.486 e. The van der Waals surface area contributed by atoms with E-state index < -0.39 is 0 Å². The zero-order valence-electron chi connectivity index (χ0n) is 9.01. The maximum Gasteiger partial charge on any atom is 0.162 e. The summed E-state index contributed by atoms with van der Waals surface area (Å²) in [5, 5.41) is 0. The molecule has 1 aliphatic heterocycles. The summed E-state index contributed by atoms with van der Waals surface area (Å²) in [6.45, 7) is 1.24. The molecule has 0 saturated carbocycles. The summed E-state index contributed by atoms with van der Waals surface area (Å²) < 4.78 is 13.0. The van der Waals surface area contributed by atoms with Crippen LogP contribution >= 0.6 is 0 Å². The van der Waals surface area contributed by atoms with E-state index in [4.69, 9.17) is 9.47 Å². The fraction of sp³-hybridized carbons (Fsp3) is 0.250. The van der Waals surface area contributed by atoms with Gasteiger partial charge in [0.1, 0.15) is 13.2 Å². The van der Waals surface area contributed by atoms with Crippen LogP contribution in [-0.4, -0.2) is 22.8 Å². The van der Waals surface area contributed by atoms with Crippen LogP contribution in [0.3, 0.4) is 0 Å². The second-order valence-electron chi connectivity index (χ2n) is 3.75. The number of benzene rings is 1. The van der Waals surface area contributed by atoms with Gasteiger partial charge in [-0.1, -0.05) is 0 Å². The van der Waals surface area contributed by atoms with Crippen molar-refractivity contribution in [2.45, 2.75) is 0 Å². The van der Waals surface area contributed by atoms with E-state index in [0.29, 0.717) is 13.2 Å². The van der Waals surface area contributed by atoms with E-state index in [0.717, 1.165) is 22.8 Å². The molecule has 0 fully saturated rings. The molecule has 1 aromatic carbocycles. The van der Waals surface area contributed by atoms with Gasteiger partial charge in [0, 0.05) is 12.6 Å². The Kier molecular flexibility index (Phi) is 2.06. The van der Waals surface area contributed by atoms with E-state index >= 15 is 0 Å². The van der Waals surface area contributed by atoms with Gasteiger partial charge in [-0.2, -0.15) is 0 Å². The van der Waals surface area contributed by atoms with E-state index in [1.807, 2.05) is 36.0 Å². The third-order valence-electron chi connectivity index (χ3n) is 2.65. The summed E-state index contributed by atoms with van der Waals surface area (Å²) in [6, 6.07) is 5.95. The van der Waals surface area contributed by atoms with Crippen molar-refractivity contribution in [3.63, 3.8) is 0 Å². The molecule has 16 heavy (non-hydrogen) atoms. The molecule has 0 spiro atoms. The summed E-state index contributed by atoms with van der Waals surface area (Å²) in [5.74, 6) is 1.63. The smallest absolute Gasteiger partial charge is 0.162 e. The van der Waals surface area contributed by atoms with Gasteiger partial charge in [-0.25, -0.2) is 4.98 Å². The molecule has 2 heterocycles. The van der Waals surface area contributed by atoms with Crippen LogP contribution in [0.25, 0.3) is 11.3 Å². The number of imidazole rings is 1. The highest BCUT2D eigenvalue weighted by atomic mass is 16.6. The van der Waals surface area contributed by atoms with Crippen LogP contribution in [0.4, 0.5) is 0 Å². The Bertz CT molecular complexity index is 519. The number of ether oxygens (including phenoxy) is 2. The molecule has 3 rings (SSSR count). The highest BCUT2D eigenvalue weighted by Crippen LogP contribution is 2.34. The van der Waals surface area contributed by atoms with Crippen LogP contribution in [0, 0.1) is 0 Å². The molecule has 4 nitrogen and oxygen atoms in total. The van der Waals surface area contributed by atoms with Gasteiger partial charge in [-0.3, -0.25) is 0 Å². The van der Waals surface area contributed by atoms with E-state index in [-0.39, 0.29) is 0 Å². The van der Waals surface area contributed by atoms with Crippen molar-refractivity contribution < 1.29 is 9.47 Å².